The number of aliphatic hydroxyl groups excluding tert-OH is 1. The molecule has 1 aliphatic rings. The van der Waals surface area contributed by atoms with E-state index in [0.29, 0.717) is 24.9 Å². The topological polar surface area (TPSA) is 78.6 Å². The zero-order valence-electron chi connectivity index (χ0n) is 17.5. The van der Waals surface area contributed by atoms with Crippen LogP contribution in [-0.4, -0.2) is 56.1 Å². The van der Waals surface area contributed by atoms with Gasteiger partial charge in [0, 0.05) is 24.5 Å². The van der Waals surface area contributed by atoms with E-state index >= 15 is 0 Å². The Morgan fingerprint density at radius 1 is 1.13 bits per heavy atom. The maximum atomic E-state index is 13.4. The maximum absolute atomic E-state index is 13.4. The van der Waals surface area contributed by atoms with Crippen LogP contribution in [0.4, 0.5) is 0 Å². The molecule has 0 spiro atoms. The Morgan fingerprint density at radius 2 is 1.94 bits per heavy atom. The summed E-state index contributed by atoms with van der Waals surface area (Å²) >= 11 is 0. The molecule has 2 heterocycles. The second-order valence-electron chi connectivity index (χ2n) is 8.46. The van der Waals surface area contributed by atoms with Gasteiger partial charge < -0.3 is 15.1 Å². The van der Waals surface area contributed by atoms with Crippen molar-refractivity contribution in [1.82, 2.24) is 14.7 Å². The quantitative estimate of drug-likeness (QED) is 0.538. The standard InChI is InChI=1S/C25H25N3O3/c1-27-23-10-9-17(13-18(23)14-26-27)19-5-2-7-21-20(19)6-3-8-22(21)24(30)28-12-4-11-25(31,15-28)16-29/h2-3,5-10,13-14,29,31H,4,11-12,15-16H2,1H3. The van der Waals surface area contributed by atoms with Crippen LogP contribution in [0.5, 0.6) is 0 Å². The van der Waals surface area contributed by atoms with Crippen LogP contribution in [0.25, 0.3) is 32.8 Å². The molecule has 1 aliphatic heterocycles. The van der Waals surface area contributed by atoms with Gasteiger partial charge in [-0.15, -0.1) is 0 Å². The van der Waals surface area contributed by atoms with Gasteiger partial charge in [0.2, 0.25) is 0 Å². The number of rotatable bonds is 3. The Labute approximate surface area is 180 Å². The maximum Gasteiger partial charge on any atom is 0.254 e. The molecule has 0 radical (unpaired) electrons. The van der Waals surface area contributed by atoms with Crippen LogP contribution in [0.15, 0.2) is 60.8 Å². The lowest BCUT2D eigenvalue weighted by atomic mass is 9.92. The summed E-state index contributed by atoms with van der Waals surface area (Å²) in [5, 5.41) is 27.3. The Morgan fingerprint density at radius 3 is 2.77 bits per heavy atom. The van der Waals surface area contributed by atoms with Gasteiger partial charge >= 0.3 is 0 Å². The van der Waals surface area contributed by atoms with Crippen LogP contribution < -0.4 is 0 Å². The summed E-state index contributed by atoms with van der Waals surface area (Å²) in [4.78, 5) is 15.0. The molecule has 1 atom stereocenters. The van der Waals surface area contributed by atoms with Gasteiger partial charge in [-0.1, -0.05) is 36.4 Å². The Kier molecular flexibility index (Phi) is 4.76. The molecule has 0 bridgehead atoms. The van der Waals surface area contributed by atoms with Crippen LogP contribution in [0.1, 0.15) is 23.2 Å². The van der Waals surface area contributed by atoms with E-state index < -0.39 is 5.60 Å². The summed E-state index contributed by atoms with van der Waals surface area (Å²) in [6.45, 7) is 0.387. The van der Waals surface area contributed by atoms with E-state index in [9.17, 15) is 15.0 Å². The fourth-order valence-corrected chi connectivity index (χ4v) is 4.66. The fourth-order valence-electron chi connectivity index (χ4n) is 4.66. The average molecular weight is 415 g/mol. The second kappa shape index (κ2) is 7.48. The second-order valence-corrected chi connectivity index (χ2v) is 8.46. The van der Waals surface area contributed by atoms with Gasteiger partial charge in [-0.3, -0.25) is 9.48 Å². The fraction of sp³-hybridized carbons (Fsp3) is 0.280. The third-order valence-electron chi connectivity index (χ3n) is 6.35. The number of piperidine rings is 1. The van der Waals surface area contributed by atoms with E-state index in [1.165, 1.54) is 0 Å². The summed E-state index contributed by atoms with van der Waals surface area (Å²) in [5.41, 5.74) is 2.60. The third-order valence-corrected chi connectivity index (χ3v) is 6.35. The van der Waals surface area contributed by atoms with Gasteiger partial charge in [-0.25, -0.2) is 0 Å². The molecule has 3 aromatic carbocycles. The minimum Gasteiger partial charge on any atom is -0.393 e. The van der Waals surface area contributed by atoms with E-state index in [1.807, 2.05) is 48.3 Å². The Balaban J connectivity index is 1.58. The molecule has 1 unspecified atom stereocenters. The molecule has 31 heavy (non-hydrogen) atoms. The Bertz CT molecular complexity index is 1300. The van der Waals surface area contributed by atoms with Gasteiger partial charge in [0.05, 0.1) is 24.9 Å². The number of hydrogen-bond donors (Lipinski definition) is 2. The van der Waals surface area contributed by atoms with Gasteiger partial charge in [0.25, 0.3) is 5.91 Å². The number of amides is 1. The van der Waals surface area contributed by atoms with Crippen molar-refractivity contribution in [3.8, 4) is 11.1 Å². The first kappa shape index (κ1) is 19.7. The third kappa shape index (κ3) is 3.38. The minimum atomic E-state index is -1.22. The molecular formula is C25H25N3O3. The highest BCUT2D eigenvalue weighted by Crippen LogP contribution is 2.33. The number of aryl methyl sites for hydroxylation is 1. The number of carbonyl (C=O) groups is 1. The van der Waals surface area contributed by atoms with Crippen LogP contribution in [-0.2, 0) is 7.05 Å². The highest BCUT2D eigenvalue weighted by molar-refractivity contribution is 6.10. The minimum absolute atomic E-state index is 0.114. The number of nitrogens with zero attached hydrogens (tertiary/aromatic N) is 3. The van der Waals surface area contributed by atoms with Crippen molar-refractivity contribution in [3.63, 3.8) is 0 Å². The number of aliphatic hydroxyl groups is 2. The van der Waals surface area contributed by atoms with Crippen LogP contribution in [0.2, 0.25) is 0 Å². The Hall–Kier alpha value is -3.22. The first-order valence-corrected chi connectivity index (χ1v) is 10.6. The zero-order valence-corrected chi connectivity index (χ0v) is 17.5. The van der Waals surface area contributed by atoms with Crippen molar-refractivity contribution in [1.29, 1.82) is 0 Å². The molecule has 1 aromatic heterocycles. The number of carbonyl (C=O) groups excluding carboxylic acids is 1. The molecule has 0 aliphatic carbocycles. The highest BCUT2D eigenvalue weighted by atomic mass is 16.3. The smallest absolute Gasteiger partial charge is 0.254 e. The van der Waals surface area contributed by atoms with Crippen molar-refractivity contribution < 1.29 is 15.0 Å². The van der Waals surface area contributed by atoms with Crippen molar-refractivity contribution in [3.05, 3.63) is 66.4 Å². The first-order valence-electron chi connectivity index (χ1n) is 10.6. The molecule has 1 amide bonds. The predicted octanol–water partition coefficient (Wildman–Crippen LogP) is 3.35. The van der Waals surface area contributed by atoms with Gasteiger partial charge in [-0.05, 0) is 52.9 Å². The van der Waals surface area contributed by atoms with Crippen LogP contribution in [0.3, 0.4) is 0 Å². The molecule has 158 valence electrons. The SMILES string of the molecule is Cn1ncc2cc(-c3cccc4c(C(=O)N5CCCC(O)(CO)C5)cccc34)ccc21. The number of hydrogen-bond acceptors (Lipinski definition) is 4. The molecule has 1 saturated heterocycles. The number of likely N-dealkylation sites (tertiary alicyclic amines) is 1. The monoisotopic (exact) mass is 415 g/mol. The molecule has 1 fully saturated rings. The van der Waals surface area contributed by atoms with Crippen molar-refractivity contribution in [2.45, 2.75) is 18.4 Å². The van der Waals surface area contributed by atoms with Crippen LogP contribution >= 0.6 is 0 Å². The number of β-amino-alcohol motifs (C(OH)–C–C–N with tert-alkyl or cyclic N) is 1. The molecule has 6 heteroatoms. The van der Waals surface area contributed by atoms with Crippen LogP contribution in [0, 0.1) is 0 Å². The molecule has 5 rings (SSSR count). The molecule has 4 aromatic rings. The number of aromatic nitrogens is 2. The average Bonchev–Trinajstić information content (AvgIpc) is 3.18. The van der Waals surface area contributed by atoms with Crippen molar-refractivity contribution >= 4 is 27.6 Å². The van der Waals surface area contributed by atoms with E-state index in [2.05, 4.69) is 29.4 Å². The van der Waals surface area contributed by atoms with Crippen molar-refractivity contribution in [2.75, 3.05) is 19.7 Å². The lowest BCUT2D eigenvalue weighted by Gasteiger charge is -2.38. The van der Waals surface area contributed by atoms with E-state index in [-0.39, 0.29) is 19.1 Å². The lowest BCUT2D eigenvalue weighted by Crippen LogP contribution is -2.52. The summed E-state index contributed by atoms with van der Waals surface area (Å²) in [6, 6.07) is 18.1. The zero-order chi connectivity index (χ0) is 21.6. The molecular weight excluding hydrogens is 390 g/mol. The summed E-state index contributed by atoms with van der Waals surface area (Å²) < 4.78 is 1.85. The predicted molar refractivity (Wildman–Crippen MR) is 121 cm³/mol. The largest absolute Gasteiger partial charge is 0.393 e. The normalized spacial score (nSPS) is 19.3. The molecule has 6 nitrogen and oxygen atoms in total. The van der Waals surface area contributed by atoms with E-state index in [0.717, 1.165) is 32.8 Å². The lowest BCUT2D eigenvalue weighted by molar-refractivity contribution is -0.0598. The molecule has 0 saturated carbocycles. The number of fused-ring (bicyclic) bond motifs is 2. The van der Waals surface area contributed by atoms with E-state index in [4.69, 9.17) is 0 Å². The molecule has 2 N–H and O–H groups in total. The van der Waals surface area contributed by atoms with Gasteiger partial charge in [0.15, 0.2) is 0 Å². The first-order chi connectivity index (χ1) is 15.0. The van der Waals surface area contributed by atoms with Gasteiger partial charge in [-0.2, -0.15) is 5.10 Å². The van der Waals surface area contributed by atoms with Gasteiger partial charge in [0.1, 0.15) is 5.60 Å². The highest BCUT2D eigenvalue weighted by Gasteiger charge is 2.35. The van der Waals surface area contributed by atoms with Crippen molar-refractivity contribution in [2.24, 2.45) is 7.05 Å². The van der Waals surface area contributed by atoms with E-state index in [1.54, 1.807) is 4.90 Å². The summed E-state index contributed by atoms with van der Waals surface area (Å²) in [6.07, 6.45) is 3.03. The summed E-state index contributed by atoms with van der Waals surface area (Å²) in [5.74, 6) is -0.114. The number of benzene rings is 3. The summed E-state index contributed by atoms with van der Waals surface area (Å²) in [7, 11) is 1.93.